The van der Waals surface area contributed by atoms with Gasteiger partial charge in [0.2, 0.25) is 0 Å². The molecule has 1 aromatic heterocycles. The number of aryl methyl sites for hydroxylation is 1. The molecule has 0 N–H and O–H groups in total. The first-order valence-electron chi connectivity index (χ1n) is 8.16. The molecule has 128 valence electrons. The van der Waals surface area contributed by atoms with Gasteiger partial charge in [0.05, 0.1) is 17.5 Å². The molecule has 2 aliphatic heterocycles. The van der Waals surface area contributed by atoms with Crippen molar-refractivity contribution in [3.05, 3.63) is 17.5 Å². The van der Waals surface area contributed by atoms with Gasteiger partial charge in [0.15, 0.2) is 15.5 Å². The average molecular weight is 341 g/mol. The summed E-state index contributed by atoms with van der Waals surface area (Å²) in [4.78, 5) is 16.6. The second-order valence-corrected chi connectivity index (χ2v) is 8.43. The summed E-state index contributed by atoms with van der Waals surface area (Å²) in [5, 5.41) is 3.84. The van der Waals surface area contributed by atoms with Crippen LogP contribution in [0.2, 0.25) is 0 Å². The molecular weight excluding hydrogens is 318 g/mol. The first kappa shape index (κ1) is 16.4. The molecule has 1 amide bonds. The maximum atomic E-state index is 12.7. The molecule has 0 spiro atoms. The van der Waals surface area contributed by atoms with Crippen molar-refractivity contribution in [3.8, 4) is 0 Å². The largest absolute Gasteiger partial charge is 0.361 e. The Hall–Kier alpha value is -1.41. The topological polar surface area (TPSA) is 83.7 Å². The summed E-state index contributed by atoms with van der Waals surface area (Å²) in [6.45, 7) is 6.11. The van der Waals surface area contributed by atoms with Crippen molar-refractivity contribution >= 4 is 15.7 Å². The van der Waals surface area contributed by atoms with Gasteiger partial charge in [-0.3, -0.25) is 9.69 Å². The molecule has 23 heavy (non-hydrogen) atoms. The molecule has 3 rings (SSSR count). The number of amides is 1. The van der Waals surface area contributed by atoms with Gasteiger partial charge in [-0.05, 0) is 13.0 Å². The number of nitrogens with zero attached hydrogens (tertiary/aromatic N) is 3. The third-order valence-electron chi connectivity index (χ3n) is 4.69. The Labute approximate surface area is 136 Å². The van der Waals surface area contributed by atoms with Crippen LogP contribution in [0, 0.1) is 0 Å². The summed E-state index contributed by atoms with van der Waals surface area (Å²) >= 11 is 0. The lowest BCUT2D eigenvalue weighted by atomic mass is 10.0. The number of carbonyl (C=O) groups is 1. The maximum absolute atomic E-state index is 12.7. The van der Waals surface area contributed by atoms with Crippen molar-refractivity contribution in [1.82, 2.24) is 15.0 Å². The molecule has 0 radical (unpaired) electrons. The lowest BCUT2D eigenvalue weighted by Gasteiger charge is -2.43. The van der Waals surface area contributed by atoms with Gasteiger partial charge in [0.1, 0.15) is 5.76 Å². The van der Waals surface area contributed by atoms with Crippen LogP contribution in [0.15, 0.2) is 10.6 Å². The highest BCUT2D eigenvalue weighted by molar-refractivity contribution is 7.91. The van der Waals surface area contributed by atoms with E-state index >= 15 is 0 Å². The van der Waals surface area contributed by atoms with Crippen molar-refractivity contribution in [2.75, 3.05) is 31.1 Å². The summed E-state index contributed by atoms with van der Waals surface area (Å²) < 4.78 is 29.3. The van der Waals surface area contributed by atoms with E-state index in [0.29, 0.717) is 25.3 Å². The molecule has 2 saturated heterocycles. The predicted octanol–water partition coefficient (Wildman–Crippen LogP) is 0.570. The number of sulfone groups is 1. The van der Waals surface area contributed by atoms with Crippen LogP contribution in [0.3, 0.4) is 0 Å². The zero-order chi connectivity index (χ0) is 16.6. The van der Waals surface area contributed by atoms with Gasteiger partial charge in [-0.1, -0.05) is 19.0 Å². The van der Waals surface area contributed by atoms with Crippen molar-refractivity contribution in [1.29, 1.82) is 0 Å². The molecule has 2 fully saturated rings. The van der Waals surface area contributed by atoms with Gasteiger partial charge in [0.25, 0.3) is 5.91 Å². The Bertz CT molecular complexity index is 685. The molecule has 8 heteroatoms. The fourth-order valence-electron chi connectivity index (χ4n) is 3.57. The Morgan fingerprint density at radius 3 is 2.70 bits per heavy atom. The van der Waals surface area contributed by atoms with Gasteiger partial charge in [-0.15, -0.1) is 0 Å². The van der Waals surface area contributed by atoms with E-state index in [1.54, 1.807) is 11.0 Å². The second kappa shape index (κ2) is 6.24. The Morgan fingerprint density at radius 1 is 1.30 bits per heavy atom. The fourth-order valence-corrected chi connectivity index (χ4v) is 5.58. The Morgan fingerprint density at radius 2 is 2.04 bits per heavy atom. The number of hydrogen-bond acceptors (Lipinski definition) is 6. The number of carbonyl (C=O) groups excluding carboxylic acids is 1. The van der Waals surface area contributed by atoms with Gasteiger partial charge in [-0.25, -0.2) is 8.42 Å². The van der Waals surface area contributed by atoms with E-state index < -0.39 is 9.84 Å². The normalized spacial score (nSPS) is 27.1. The van der Waals surface area contributed by atoms with Crippen molar-refractivity contribution in [3.63, 3.8) is 0 Å². The van der Waals surface area contributed by atoms with Gasteiger partial charge < -0.3 is 9.42 Å². The first-order valence-corrected chi connectivity index (χ1v) is 9.98. The monoisotopic (exact) mass is 341 g/mol. The third-order valence-corrected chi connectivity index (χ3v) is 6.39. The first-order chi connectivity index (χ1) is 10.9. The minimum Gasteiger partial charge on any atom is -0.361 e. The van der Waals surface area contributed by atoms with E-state index in [9.17, 15) is 13.2 Å². The molecule has 2 atom stereocenters. The number of aromatic nitrogens is 1. The zero-order valence-corrected chi connectivity index (χ0v) is 14.4. The van der Waals surface area contributed by atoms with Crippen molar-refractivity contribution in [2.24, 2.45) is 0 Å². The summed E-state index contributed by atoms with van der Waals surface area (Å²) in [6, 6.07) is 1.27. The van der Waals surface area contributed by atoms with Gasteiger partial charge in [-0.2, -0.15) is 0 Å². The van der Waals surface area contributed by atoms with Crippen molar-refractivity contribution in [2.45, 2.75) is 38.8 Å². The zero-order valence-electron chi connectivity index (χ0n) is 13.6. The third kappa shape index (κ3) is 3.14. The molecule has 7 nitrogen and oxygen atoms in total. The van der Waals surface area contributed by atoms with E-state index in [-0.39, 0.29) is 35.2 Å². The van der Waals surface area contributed by atoms with E-state index in [4.69, 9.17) is 4.52 Å². The summed E-state index contributed by atoms with van der Waals surface area (Å²) in [7, 11) is -3.11. The van der Waals surface area contributed by atoms with Crippen LogP contribution in [0.5, 0.6) is 0 Å². The van der Waals surface area contributed by atoms with Crippen LogP contribution in [0.25, 0.3) is 0 Å². The lowest BCUT2D eigenvalue weighted by molar-refractivity contribution is 0.0325. The van der Waals surface area contributed by atoms with Gasteiger partial charge >= 0.3 is 0 Å². The molecule has 0 saturated carbocycles. The molecule has 1 aromatic rings. The van der Waals surface area contributed by atoms with Crippen LogP contribution in [0.4, 0.5) is 0 Å². The Kier molecular flexibility index (Phi) is 4.46. The van der Waals surface area contributed by atoms with Crippen LogP contribution in [0.1, 0.15) is 36.5 Å². The predicted molar refractivity (Wildman–Crippen MR) is 85.0 cm³/mol. The minimum atomic E-state index is -3.11. The second-order valence-electron chi connectivity index (χ2n) is 6.28. The Balaban J connectivity index is 1.84. The van der Waals surface area contributed by atoms with E-state index in [1.165, 1.54) is 0 Å². The molecule has 2 aliphatic rings. The standard InChI is InChI=1S/C15H23N3O4S/c1-3-5-17-6-7-18(14-10-23(20,21)9-13(14)17)15(19)12-8-11(4-2)22-16-12/h8,13-14H,3-7,9-10H2,1-2H3. The minimum absolute atomic E-state index is 0.0438. The molecular formula is C15H23N3O4S. The average Bonchev–Trinajstić information content (AvgIpc) is 3.10. The van der Waals surface area contributed by atoms with E-state index in [2.05, 4.69) is 17.0 Å². The number of fused-ring (bicyclic) bond motifs is 1. The van der Waals surface area contributed by atoms with Crippen molar-refractivity contribution < 1.29 is 17.7 Å². The highest BCUT2D eigenvalue weighted by Gasteiger charge is 2.48. The maximum Gasteiger partial charge on any atom is 0.276 e. The summed E-state index contributed by atoms with van der Waals surface area (Å²) in [5.41, 5.74) is 0.272. The molecule has 3 heterocycles. The molecule has 0 aliphatic carbocycles. The molecule has 2 unspecified atom stereocenters. The van der Waals surface area contributed by atoms with Crippen LogP contribution >= 0.6 is 0 Å². The quantitative estimate of drug-likeness (QED) is 0.796. The molecule has 0 bridgehead atoms. The van der Waals surface area contributed by atoms with Gasteiger partial charge in [0, 0.05) is 31.6 Å². The number of piperazine rings is 1. The van der Waals surface area contributed by atoms with Crippen LogP contribution < -0.4 is 0 Å². The van der Waals surface area contributed by atoms with Crippen LogP contribution in [-0.4, -0.2) is 72.5 Å². The smallest absolute Gasteiger partial charge is 0.276 e. The highest BCUT2D eigenvalue weighted by atomic mass is 32.2. The SMILES string of the molecule is CCCN1CCN(C(=O)c2cc(CC)on2)C2CS(=O)(=O)CC21. The van der Waals surface area contributed by atoms with Crippen LogP contribution in [-0.2, 0) is 16.3 Å². The lowest BCUT2D eigenvalue weighted by Crippen LogP contribution is -2.60. The van der Waals surface area contributed by atoms with E-state index in [1.807, 2.05) is 6.92 Å². The molecule has 0 aromatic carbocycles. The number of hydrogen-bond donors (Lipinski definition) is 0. The van der Waals surface area contributed by atoms with E-state index in [0.717, 1.165) is 13.0 Å². The summed E-state index contributed by atoms with van der Waals surface area (Å²) in [5.74, 6) is 0.619. The fraction of sp³-hybridized carbons (Fsp3) is 0.733. The summed E-state index contributed by atoms with van der Waals surface area (Å²) in [6.07, 6.45) is 1.64. The number of rotatable bonds is 4. The highest BCUT2D eigenvalue weighted by Crippen LogP contribution is 2.28.